The van der Waals surface area contributed by atoms with Gasteiger partial charge in [-0.1, -0.05) is 18.2 Å². The summed E-state index contributed by atoms with van der Waals surface area (Å²) < 4.78 is 2.06. The Labute approximate surface area is 162 Å². The molecular weight excluding hydrogens is 354 g/mol. The number of anilines is 2. The first kappa shape index (κ1) is 16.6. The minimum Gasteiger partial charge on any atom is -0.353 e. The van der Waals surface area contributed by atoms with Crippen LogP contribution >= 0.6 is 0 Å². The molecule has 1 unspecified atom stereocenters. The molecule has 8 heteroatoms. The number of amides is 1. The van der Waals surface area contributed by atoms with E-state index < -0.39 is 0 Å². The van der Waals surface area contributed by atoms with Crippen LogP contribution in [0.2, 0.25) is 0 Å². The lowest BCUT2D eigenvalue weighted by molar-refractivity contribution is -0.699. The maximum Gasteiger partial charge on any atom is 0.274 e. The third-order valence-corrected chi connectivity index (χ3v) is 5.18. The molecule has 3 aromatic rings. The van der Waals surface area contributed by atoms with Crippen molar-refractivity contribution < 1.29 is 10.3 Å². The average molecular weight is 376 g/mol. The van der Waals surface area contributed by atoms with Crippen LogP contribution in [-0.4, -0.2) is 34.4 Å². The molecular formula is C20H22N7O+. The fourth-order valence-electron chi connectivity index (χ4n) is 3.76. The number of para-hydroxylation sites is 1. The van der Waals surface area contributed by atoms with Crippen molar-refractivity contribution in [2.75, 3.05) is 23.0 Å². The Bertz CT molecular complexity index is 1030. The highest BCUT2D eigenvalue weighted by molar-refractivity contribution is 5.93. The highest BCUT2D eigenvalue weighted by Gasteiger charge is 2.29. The van der Waals surface area contributed by atoms with Gasteiger partial charge in [0.1, 0.15) is 0 Å². The van der Waals surface area contributed by atoms with Gasteiger partial charge >= 0.3 is 0 Å². The smallest absolute Gasteiger partial charge is 0.274 e. The number of quaternary nitrogens is 1. The number of nitrogens with one attached hydrogen (secondary N) is 2. The zero-order chi connectivity index (χ0) is 18.9. The van der Waals surface area contributed by atoms with Gasteiger partial charge in [0.2, 0.25) is 0 Å². The molecule has 1 fully saturated rings. The first-order chi connectivity index (χ1) is 13.8. The van der Waals surface area contributed by atoms with E-state index in [-0.39, 0.29) is 11.9 Å². The number of benzene rings is 1. The predicted molar refractivity (Wildman–Crippen MR) is 106 cm³/mol. The minimum absolute atomic E-state index is 0.0876. The van der Waals surface area contributed by atoms with Crippen molar-refractivity contribution in [2.45, 2.75) is 12.5 Å². The summed E-state index contributed by atoms with van der Waals surface area (Å²) in [6.07, 6.45) is 8.49. The number of fused-ring (bicyclic) bond motifs is 1. The molecule has 0 saturated carbocycles. The van der Waals surface area contributed by atoms with Crippen molar-refractivity contribution in [3.05, 3.63) is 73.0 Å². The Morgan fingerprint density at radius 3 is 2.96 bits per heavy atom. The predicted octanol–water partition coefficient (Wildman–Crippen LogP) is 0.374. The van der Waals surface area contributed by atoms with Crippen LogP contribution < -0.4 is 26.2 Å². The largest absolute Gasteiger partial charge is 0.353 e. The molecule has 2 aliphatic rings. The summed E-state index contributed by atoms with van der Waals surface area (Å²) in [5.74, 6) is 0.876. The zero-order valence-corrected chi connectivity index (χ0v) is 15.3. The van der Waals surface area contributed by atoms with E-state index in [4.69, 9.17) is 0 Å². The van der Waals surface area contributed by atoms with Crippen LogP contribution in [0.1, 0.15) is 6.42 Å². The van der Waals surface area contributed by atoms with Gasteiger partial charge in [0.25, 0.3) is 5.91 Å². The fourth-order valence-corrected chi connectivity index (χ4v) is 3.76. The molecule has 28 heavy (non-hydrogen) atoms. The Morgan fingerprint density at radius 1 is 1.18 bits per heavy atom. The van der Waals surface area contributed by atoms with E-state index in [1.54, 1.807) is 5.53 Å². The van der Waals surface area contributed by atoms with Gasteiger partial charge < -0.3 is 14.6 Å². The maximum absolute atomic E-state index is 12.7. The molecule has 1 amide bonds. The van der Waals surface area contributed by atoms with E-state index in [1.165, 1.54) is 0 Å². The molecule has 8 nitrogen and oxygen atoms in total. The Balaban J connectivity index is 1.24. The first-order valence-corrected chi connectivity index (χ1v) is 9.40. The van der Waals surface area contributed by atoms with Crippen LogP contribution in [0.3, 0.4) is 0 Å². The molecule has 5 rings (SSSR count). The van der Waals surface area contributed by atoms with Crippen LogP contribution in [0, 0.1) is 0 Å². The number of carbonyl (C=O) groups excluding carboxylic acids is 1. The third kappa shape index (κ3) is 3.03. The zero-order valence-electron chi connectivity index (χ0n) is 15.3. The molecule has 0 spiro atoms. The Kier molecular flexibility index (Phi) is 4.10. The molecule has 4 heterocycles. The Morgan fingerprint density at radius 2 is 2.07 bits per heavy atom. The summed E-state index contributed by atoms with van der Waals surface area (Å²) >= 11 is 0. The second kappa shape index (κ2) is 6.90. The Hall–Kier alpha value is -3.52. The third-order valence-electron chi connectivity index (χ3n) is 5.18. The number of nitrogens with zero attached hydrogens (tertiary/aromatic N) is 4. The molecule has 0 radical (unpaired) electrons. The lowest BCUT2D eigenvalue weighted by Crippen LogP contribution is -2.98. The first-order valence-electron chi connectivity index (χ1n) is 9.40. The van der Waals surface area contributed by atoms with E-state index in [0.717, 1.165) is 36.5 Å². The highest BCUT2D eigenvalue weighted by atomic mass is 16.2. The van der Waals surface area contributed by atoms with Gasteiger partial charge in [0.05, 0.1) is 17.4 Å². The number of aromatic nitrogens is 2. The van der Waals surface area contributed by atoms with Crippen LogP contribution in [0.5, 0.6) is 0 Å². The standard InChI is InChI=1S/C20H21N7O/c28-20(17-14-27(24-23-17)16-5-2-1-3-6-16)22-15-8-11-26(13-15)19-18-7-4-10-25(18)12-9-21-19/h1-7,9-10,12,14-15,23-24H,8,11,13H2,(H,22,28)/p+1. The normalized spacial score (nSPS) is 19.0. The molecule has 4 N–H and O–H groups in total. The topological polar surface area (TPSA) is 81.5 Å². The van der Waals surface area contributed by atoms with E-state index >= 15 is 0 Å². The summed E-state index contributed by atoms with van der Waals surface area (Å²) in [6.45, 7) is 1.63. The van der Waals surface area contributed by atoms with Crippen LogP contribution in [-0.2, 0) is 4.79 Å². The molecule has 0 bridgehead atoms. The van der Waals surface area contributed by atoms with Gasteiger partial charge in [0.15, 0.2) is 11.5 Å². The SMILES string of the molecule is O=C(NC1CCN(c2nccn3cccc23)C1)C1=CN(c2ccccc2)[NH2+]N1. The molecule has 1 aromatic carbocycles. The molecule has 1 atom stereocenters. The maximum atomic E-state index is 12.7. The minimum atomic E-state index is -0.0876. The molecule has 1 saturated heterocycles. The van der Waals surface area contributed by atoms with Gasteiger partial charge in [-0.2, -0.15) is 5.01 Å². The van der Waals surface area contributed by atoms with Gasteiger partial charge in [0, 0.05) is 37.7 Å². The summed E-state index contributed by atoms with van der Waals surface area (Å²) in [6, 6.07) is 14.1. The highest BCUT2D eigenvalue weighted by Crippen LogP contribution is 2.23. The van der Waals surface area contributed by atoms with Crippen molar-refractivity contribution in [1.82, 2.24) is 20.1 Å². The van der Waals surface area contributed by atoms with Crippen LogP contribution in [0.4, 0.5) is 11.5 Å². The monoisotopic (exact) mass is 376 g/mol. The molecule has 142 valence electrons. The van der Waals surface area contributed by atoms with Crippen LogP contribution in [0.15, 0.2) is 73.0 Å². The number of hydrogen-bond donors (Lipinski definition) is 3. The lowest BCUT2D eigenvalue weighted by atomic mass is 10.2. The van der Waals surface area contributed by atoms with Gasteiger partial charge in [-0.3, -0.25) is 4.79 Å². The molecule has 2 aliphatic heterocycles. The van der Waals surface area contributed by atoms with Gasteiger partial charge in [-0.05, 0) is 30.7 Å². The lowest BCUT2D eigenvalue weighted by Gasteiger charge is -2.19. The van der Waals surface area contributed by atoms with E-state index in [0.29, 0.717) is 5.70 Å². The number of hydrogen-bond acceptors (Lipinski definition) is 5. The average Bonchev–Trinajstić information content (AvgIpc) is 3.48. The summed E-state index contributed by atoms with van der Waals surface area (Å²) in [5.41, 5.74) is 7.50. The summed E-state index contributed by atoms with van der Waals surface area (Å²) in [7, 11) is 0. The van der Waals surface area contributed by atoms with E-state index in [9.17, 15) is 4.79 Å². The van der Waals surface area contributed by atoms with Crippen molar-refractivity contribution in [1.29, 1.82) is 0 Å². The quantitative estimate of drug-likeness (QED) is 0.574. The second-order valence-corrected chi connectivity index (χ2v) is 7.02. The number of rotatable bonds is 4. The summed E-state index contributed by atoms with van der Waals surface area (Å²) in [4.78, 5) is 19.5. The van der Waals surface area contributed by atoms with E-state index in [2.05, 4.69) is 31.1 Å². The van der Waals surface area contributed by atoms with Crippen molar-refractivity contribution in [3.63, 3.8) is 0 Å². The molecule has 0 aliphatic carbocycles. The van der Waals surface area contributed by atoms with Crippen LogP contribution in [0.25, 0.3) is 5.52 Å². The van der Waals surface area contributed by atoms with Gasteiger partial charge in [-0.25, -0.2) is 10.4 Å². The second-order valence-electron chi connectivity index (χ2n) is 7.02. The van der Waals surface area contributed by atoms with Crippen molar-refractivity contribution >= 4 is 22.9 Å². The number of nitrogens with two attached hydrogens (primary N) is 1. The van der Waals surface area contributed by atoms with Crippen molar-refractivity contribution in [3.8, 4) is 0 Å². The van der Waals surface area contributed by atoms with E-state index in [1.807, 2.05) is 66.2 Å². The number of carbonyl (C=O) groups is 1. The van der Waals surface area contributed by atoms with Gasteiger partial charge in [-0.15, -0.1) is 5.53 Å². The fraction of sp³-hybridized carbons (Fsp3) is 0.200. The van der Waals surface area contributed by atoms with Crippen molar-refractivity contribution in [2.24, 2.45) is 0 Å². The molecule has 2 aromatic heterocycles. The summed E-state index contributed by atoms with van der Waals surface area (Å²) in [5, 5.41) is 5.05.